The molecule has 0 amide bonds. The van der Waals surface area contributed by atoms with Crippen molar-refractivity contribution in [2.24, 2.45) is 0 Å². The molecule has 0 radical (unpaired) electrons. The smallest absolute Gasteiger partial charge is 0.198 e. The first-order valence-electron chi connectivity index (χ1n) is 5.45. The molecule has 17 heavy (non-hydrogen) atoms. The van der Waals surface area contributed by atoms with Crippen molar-refractivity contribution >= 4 is 9.84 Å². The van der Waals surface area contributed by atoms with Gasteiger partial charge in [-0.05, 0) is 31.5 Å². The lowest BCUT2D eigenvalue weighted by molar-refractivity contribution is 0.573. The lowest BCUT2D eigenvalue weighted by Gasteiger charge is -2.10. The SMILES string of the molecule is N#Cc1cccnc1S(=O)(=O)C[C@H]1CCCN1. The fraction of sp³-hybridized carbons (Fsp3) is 0.455. The average Bonchev–Trinajstić information content (AvgIpc) is 2.81. The molecule has 1 aromatic rings. The van der Waals surface area contributed by atoms with Crippen molar-refractivity contribution < 1.29 is 8.42 Å². The van der Waals surface area contributed by atoms with Gasteiger partial charge in [-0.1, -0.05) is 0 Å². The van der Waals surface area contributed by atoms with Crippen LogP contribution >= 0.6 is 0 Å². The molecule has 90 valence electrons. The molecule has 1 N–H and O–H groups in total. The Balaban J connectivity index is 2.28. The Bertz CT molecular complexity index is 542. The predicted octanol–water partition coefficient (Wildman–Crippen LogP) is 0.479. The minimum absolute atomic E-state index is 0.0126. The molecule has 0 spiro atoms. The Morgan fingerprint density at radius 3 is 3.06 bits per heavy atom. The minimum Gasteiger partial charge on any atom is -0.313 e. The summed E-state index contributed by atoms with van der Waals surface area (Å²) < 4.78 is 24.2. The van der Waals surface area contributed by atoms with E-state index in [1.54, 1.807) is 6.07 Å². The van der Waals surface area contributed by atoms with Crippen molar-refractivity contribution in [1.82, 2.24) is 10.3 Å². The van der Waals surface area contributed by atoms with E-state index in [0.29, 0.717) is 0 Å². The van der Waals surface area contributed by atoms with Crippen LogP contribution in [0.5, 0.6) is 0 Å². The van der Waals surface area contributed by atoms with Crippen LogP contribution in [0.3, 0.4) is 0 Å². The second kappa shape index (κ2) is 4.82. The summed E-state index contributed by atoms with van der Waals surface area (Å²) >= 11 is 0. The van der Waals surface area contributed by atoms with E-state index in [2.05, 4.69) is 10.3 Å². The molecule has 0 aromatic carbocycles. The average molecular weight is 251 g/mol. The zero-order valence-corrected chi connectivity index (χ0v) is 10.1. The Kier molecular flexibility index (Phi) is 3.41. The molecule has 2 rings (SSSR count). The van der Waals surface area contributed by atoms with Crippen LogP contribution in [0, 0.1) is 11.3 Å². The summed E-state index contributed by atoms with van der Waals surface area (Å²) in [4.78, 5) is 3.83. The number of nitrogens with one attached hydrogen (secondary N) is 1. The first kappa shape index (κ1) is 12.0. The second-order valence-corrected chi connectivity index (χ2v) is 5.99. The third-order valence-electron chi connectivity index (χ3n) is 2.77. The van der Waals surface area contributed by atoms with Crippen LogP contribution < -0.4 is 5.32 Å². The fourth-order valence-electron chi connectivity index (χ4n) is 1.97. The number of hydrogen-bond acceptors (Lipinski definition) is 5. The summed E-state index contributed by atoms with van der Waals surface area (Å²) in [5, 5.41) is 11.9. The van der Waals surface area contributed by atoms with Gasteiger partial charge in [-0.3, -0.25) is 0 Å². The van der Waals surface area contributed by atoms with Gasteiger partial charge >= 0.3 is 0 Å². The van der Waals surface area contributed by atoms with Crippen molar-refractivity contribution in [1.29, 1.82) is 5.26 Å². The van der Waals surface area contributed by atoms with E-state index in [-0.39, 0.29) is 22.4 Å². The number of aromatic nitrogens is 1. The molecule has 1 aromatic heterocycles. The van der Waals surface area contributed by atoms with E-state index in [9.17, 15) is 8.42 Å². The van der Waals surface area contributed by atoms with Gasteiger partial charge in [-0.2, -0.15) is 5.26 Å². The number of pyridine rings is 1. The molecule has 1 saturated heterocycles. The molecule has 0 bridgehead atoms. The maximum Gasteiger partial charge on any atom is 0.198 e. The number of nitriles is 1. The summed E-state index contributed by atoms with van der Waals surface area (Å²) in [6, 6.07) is 4.88. The largest absolute Gasteiger partial charge is 0.313 e. The maximum atomic E-state index is 12.1. The predicted molar refractivity (Wildman–Crippen MR) is 62.0 cm³/mol. The van der Waals surface area contributed by atoms with Gasteiger partial charge in [0, 0.05) is 12.2 Å². The Morgan fingerprint density at radius 2 is 2.41 bits per heavy atom. The molecular weight excluding hydrogens is 238 g/mol. The molecule has 1 aliphatic heterocycles. The van der Waals surface area contributed by atoms with Gasteiger partial charge in [0.15, 0.2) is 14.9 Å². The zero-order chi connectivity index (χ0) is 12.3. The number of rotatable bonds is 3. The summed E-state index contributed by atoms with van der Waals surface area (Å²) in [5.41, 5.74) is 0.116. The normalized spacial score (nSPS) is 20.1. The Morgan fingerprint density at radius 1 is 1.59 bits per heavy atom. The summed E-state index contributed by atoms with van der Waals surface area (Å²) in [7, 11) is -3.48. The molecule has 1 fully saturated rings. The van der Waals surface area contributed by atoms with Gasteiger partial charge < -0.3 is 5.32 Å². The highest BCUT2D eigenvalue weighted by molar-refractivity contribution is 7.91. The van der Waals surface area contributed by atoms with Crippen LogP contribution in [0.25, 0.3) is 0 Å². The third-order valence-corrected chi connectivity index (χ3v) is 4.52. The van der Waals surface area contributed by atoms with Crippen molar-refractivity contribution in [3.05, 3.63) is 23.9 Å². The molecule has 0 unspecified atom stereocenters. The van der Waals surface area contributed by atoms with Gasteiger partial charge in [0.1, 0.15) is 6.07 Å². The third kappa shape index (κ3) is 2.62. The summed E-state index contributed by atoms with van der Waals surface area (Å²) in [6.45, 7) is 0.855. The van der Waals surface area contributed by atoms with Crippen molar-refractivity contribution in [3.63, 3.8) is 0 Å². The second-order valence-electron chi connectivity index (χ2n) is 4.04. The first-order valence-corrected chi connectivity index (χ1v) is 7.10. The molecule has 0 saturated carbocycles. The Labute approximate surface area is 100 Å². The van der Waals surface area contributed by atoms with E-state index in [1.807, 2.05) is 6.07 Å². The first-order chi connectivity index (χ1) is 8.13. The highest BCUT2D eigenvalue weighted by atomic mass is 32.2. The molecule has 2 heterocycles. The van der Waals surface area contributed by atoms with Crippen LogP contribution in [-0.2, 0) is 9.84 Å². The van der Waals surface area contributed by atoms with Crippen molar-refractivity contribution in [3.8, 4) is 6.07 Å². The van der Waals surface area contributed by atoms with E-state index in [1.165, 1.54) is 12.3 Å². The molecule has 1 atom stereocenters. The molecular formula is C11H13N3O2S. The molecule has 5 nitrogen and oxygen atoms in total. The van der Waals surface area contributed by atoms with E-state index < -0.39 is 9.84 Å². The number of sulfone groups is 1. The van der Waals surface area contributed by atoms with Crippen LogP contribution in [0.4, 0.5) is 0 Å². The van der Waals surface area contributed by atoms with Gasteiger partial charge in [0.25, 0.3) is 0 Å². The topological polar surface area (TPSA) is 82.8 Å². The number of nitrogens with zero attached hydrogens (tertiary/aromatic N) is 2. The minimum atomic E-state index is -3.48. The molecule has 0 aliphatic carbocycles. The van der Waals surface area contributed by atoms with Crippen LogP contribution in [0.1, 0.15) is 18.4 Å². The highest BCUT2D eigenvalue weighted by Crippen LogP contribution is 2.16. The van der Waals surface area contributed by atoms with Gasteiger partial charge in [0.2, 0.25) is 0 Å². The van der Waals surface area contributed by atoms with Crippen LogP contribution in [-0.4, -0.2) is 31.7 Å². The lowest BCUT2D eigenvalue weighted by atomic mass is 10.3. The van der Waals surface area contributed by atoms with Gasteiger partial charge in [-0.15, -0.1) is 0 Å². The van der Waals surface area contributed by atoms with Gasteiger partial charge in [0.05, 0.1) is 11.3 Å². The standard InChI is InChI=1S/C11H13N3O2S/c12-7-9-3-1-6-14-11(9)17(15,16)8-10-4-2-5-13-10/h1,3,6,10,13H,2,4-5,8H2/t10-/m1/s1. The lowest BCUT2D eigenvalue weighted by Crippen LogP contribution is -2.30. The quantitative estimate of drug-likeness (QED) is 0.844. The fourth-order valence-corrected chi connectivity index (χ4v) is 3.61. The number of hydrogen-bond donors (Lipinski definition) is 1. The monoisotopic (exact) mass is 251 g/mol. The van der Waals surface area contributed by atoms with E-state index >= 15 is 0 Å². The molecule has 6 heteroatoms. The van der Waals surface area contributed by atoms with Crippen LogP contribution in [0.2, 0.25) is 0 Å². The Hall–Kier alpha value is -1.45. The maximum absolute atomic E-state index is 12.1. The highest BCUT2D eigenvalue weighted by Gasteiger charge is 2.26. The summed E-state index contributed by atoms with van der Waals surface area (Å²) in [5.74, 6) is 0.0126. The van der Waals surface area contributed by atoms with Crippen molar-refractivity contribution in [2.45, 2.75) is 23.9 Å². The van der Waals surface area contributed by atoms with E-state index in [0.717, 1.165) is 19.4 Å². The van der Waals surface area contributed by atoms with Gasteiger partial charge in [-0.25, -0.2) is 13.4 Å². The van der Waals surface area contributed by atoms with Crippen molar-refractivity contribution in [2.75, 3.05) is 12.3 Å². The zero-order valence-electron chi connectivity index (χ0n) is 9.26. The summed E-state index contributed by atoms with van der Waals surface area (Å²) in [6.07, 6.45) is 3.25. The molecule has 1 aliphatic rings. The van der Waals surface area contributed by atoms with Crippen LogP contribution in [0.15, 0.2) is 23.4 Å². The van der Waals surface area contributed by atoms with E-state index in [4.69, 9.17) is 5.26 Å².